The average molecular weight is 356 g/mol. The van der Waals surface area contributed by atoms with Crippen LogP contribution in [0.4, 0.5) is 0 Å². The van der Waals surface area contributed by atoms with E-state index in [2.05, 4.69) is 48.1 Å². The highest BCUT2D eigenvalue weighted by Gasteiger charge is 2.31. The standard InChI is InChI=1S/C17H26BrNO2/c1-5-7-19-16(13-6-8-21-10-13)15-12(3)14(18)9-11(2)17(15)20-4/h9,13,16,19H,5-8,10H2,1-4H3. The third kappa shape index (κ3) is 3.61. The molecule has 1 aromatic carbocycles. The van der Waals surface area contributed by atoms with Gasteiger partial charge in [-0.3, -0.25) is 0 Å². The van der Waals surface area contributed by atoms with Crippen LogP contribution in [0.2, 0.25) is 0 Å². The zero-order chi connectivity index (χ0) is 15.4. The van der Waals surface area contributed by atoms with E-state index in [1.165, 1.54) is 16.7 Å². The van der Waals surface area contributed by atoms with E-state index in [-0.39, 0.29) is 0 Å². The first-order chi connectivity index (χ1) is 10.1. The molecule has 0 aliphatic carbocycles. The van der Waals surface area contributed by atoms with Crippen LogP contribution in [0, 0.1) is 19.8 Å². The van der Waals surface area contributed by atoms with Crippen LogP contribution in [0.15, 0.2) is 10.5 Å². The van der Waals surface area contributed by atoms with Gasteiger partial charge in [-0.2, -0.15) is 0 Å². The van der Waals surface area contributed by atoms with E-state index in [4.69, 9.17) is 9.47 Å². The Balaban J connectivity index is 2.46. The molecule has 1 fully saturated rings. The van der Waals surface area contributed by atoms with Crippen molar-refractivity contribution in [2.45, 2.75) is 39.7 Å². The summed E-state index contributed by atoms with van der Waals surface area (Å²) in [6, 6.07) is 2.43. The third-order valence-electron chi connectivity index (χ3n) is 4.27. The number of ether oxygens (including phenoxy) is 2. The van der Waals surface area contributed by atoms with Crippen molar-refractivity contribution in [1.82, 2.24) is 5.32 Å². The molecular formula is C17H26BrNO2. The van der Waals surface area contributed by atoms with Crippen molar-refractivity contribution in [3.63, 3.8) is 0 Å². The molecule has 2 atom stereocenters. The Morgan fingerprint density at radius 2 is 2.24 bits per heavy atom. The van der Waals surface area contributed by atoms with Crippen LogP contribution in [0.25, 0.3) is 0 Å². The maximum absolute atomic E-state index is 5.73. The highest BCUT2D eigenvalue weighted by Crippen LogP contribution is 2.40. The fourth-order valence-corrected chi connectivity index (χ4v) is 3.70. The second kappa shape index (κ2) is 7.61. The minimum Gasteiger partial charge on any atom is -0.496 e. The Labute approximate surface area is 136 Å². The minimum absolute atomic E-state index is 0.290. The summed E-state index contributed by atoms with van der Waals surface area (Å²) in [5, 5.41) is 3.72. The minimum atomic E-state index is 0.290. The predicted octanol–water partition coefficient (Wildman–Crippen LogP) is 4.15. The van der Waals surface area contributed by atoms with E-state index in [9.17, 15) is 0 Å². The summed E-state index contributed by atoms with van der Waals surface area (Å²) in [6.45, 7) is 9.17. The summed E-state index contributed by atoms with van der Waals surface area (Å²) in [5.41, 5.74) is 3.72. The number of methoxy groups -OCH3 is 1. The quantitative estimate of drug-likeness (QED) is 0.831. The molecule has 0 aromatic heterocycles. The van der Waals surface area contributed by atoms with Gasteiger partial charge in [0.05, 0.1) is 13.7 Å². The van der Waals surface area contributed by atoms with Crippen LogP contribution in [0.1, 0.15) is 42.5 Å². The van der Waals surface area contributed by atoms with Gasteiger partial charge in [0, 0.05) is 28.6 Å². The summed E-state index contributed by atoms with van der Waals surface area (Å²) in [5.74, 6) is 1.52. The van der Waals surface area contributed by atoms with Gasteiger partial charge >= 0.3 is 0 Å². The number of rotatable bonds is 6. The van der Waals surface area contributed by atoms with E-state index in [1.807, 2.05) is 0 Å². The van der Waals surface area contributed by atoms with Gasteiger partial charge < -0.3 is 14.8 Å². The molecule has 21 heavy (non-hydrogen) atoms. The molecular weight excluding hydrogens is 330 g/mol. The number of hydrogen-bond donors (Lipinski definition) is 1. The van der Waals surface area contributed by atoms with Gasteiger partial charge in [0.25, 0.3) is 0 Å². The first-order valence-electron chi connectivity index (χ1n) is 7.74. The molecule has 0 amide bonds. The monoisotopic (exact) mass is 355 g/mol. The largest absolute Gasteiger partial charge is 0.496 e. The number of hydrogen-bond acceptors (Lipinski definition) is 3. The molecule has 4 heteroatoms. The molecule has 0 radical (unpaired) electrons. The Morgan fingerprint density at radius 1 is 1.48 bits per heavy atom. The van der Waals surface area contributed by atoms with Gasteiger partial charge in [0.1, 0.15) is 5.75 Å². The van der Waals surface area contributed by atoms with Crippen molar-refractivity contribution in [2.75, 3.05) is 26.9 Å². The van der Waals surface area contributed by atoms with E-state index in [0.717, 1.165) is 42.8 Å². The second-order valence-corrected chi connectivity index (χ2v) is 6.66. The topological polar surface area (TPSA) is 30.5 Å². The number of aryl methyl sites for hydroxylation is 1. The predicted molar refractivity (Wildman–Crippen MR) is 90.1 cm³/mol. The lowest BCUT2D eigenvalue weighted by Crippen LogP contribution is -2.30. The van der Waals surface area contributed by atoms with Crippen LogP contribution < -0.4 is 10.1 Å². The lowest BCUT2D eigenvalue weighted by atomic mass is 9.87. The van der Waals surface area contributed by atoms with Crippen molar-refractivity contribution >= 4 is 15.9 Å². The maximum Gasteiger partial charge on any atom is 0.126 e. The Kier molecular flexibility index (Phi) is 6.08. The Morgan fingerprint density at radius 3 is 2.81 bits per heavy atom. The zero-order valence-electron chi connectivity index (χ0n) is 13.5. The lowest BCUT2D eigenvalue weighted by molar-refractivity contribution is 0.176. The third-order valence-corrected chi connectivity index (χ3v) is 5.10. The summed E-state index contributed by atoms with van der Waals surface area (Å²) in [7, 11) is 1.77. The van der Waals surface area contributed by atoms with Crippen LogP contribution in [0.3, 0.4) is 0 Å². The van der Waals surface area contributed by atoms with E-state index in [1.54, 1.807) is 7.11 Å². The molecule has 1 aliphatic heterocycles. The molecule has 1 aliphatic rings. The fraction of sp³-hybridized carbons (Fsp3) is 0.647. The van der Waals surface area contributed by atoms with E-state index in [0.29, 0.717) is 12.0 Å². The van der Waals surface area contributed by atoms with E-state index >= 15 is 0 Å². The zero-order valence-corrected chi connectivity index (χ0v) is 15.0. The molecule has 2 rings (SSSR count). The fourth-order valence-electron chi connectivity index (χ4n) is 3.14. The summed E-state index contributed by atoms with van der Waals surface area (Å²) in [4.78, 5) is 0. The van der Waals surface area contributed by atoms with Crippen LogP contribution in [0.5, 0.6) is 5.75 Å². The summed E-state index contributed by atoms with van der Waals surface area (Å²) < 4.78 is 12.5. The van der Waals surface area contributed by atoms with Crippen molar-refractivity contribution in [3.05, 3.63) is 27.2 Å². The summed E-state index contributed by atoms with van der Waals surface area (Å²) >= 11 is 3.69. The van der Waals surface area contributed by atoms with Gasteiger partial charge in [0.15, 0.2) is 0 Å². The number of halogens is 1. The molecule has 2 unspecified atom stereocenters. The average Bonchev–Trinajstić information content (AvgIpc) is 2.98. The van der Waals surface area contributed by atoms with Crippen LogP contribution >= 0.6 is 15.9 Å². The highest BCUT2D eigenvalue weighted by atomic mass is 79.9. The number of benzene rings is 1. The lowest BCUT2D eigenvalue weighted by Gasteiger charge is -2.29. The smallest absolute Gasteiger partial charge is 0.126 e. The molecule has 0 saturated carbocycles. The van der Waals surface area contributed by atoms with Crippen LogP contribution in [-0.2, 0) is 4.74 Å². The van der Waals surface area contributed by atoms with Crippen molar-refractivity contribution in [2.24, 2.45) is 5.92 Å². The molecule has 1 aromatic rings. The van der Waals surface area contributed by atoms with Gasteiger partial charge in [-0.25, -0.2) is 0 Å². The second-order valence-electron chi connectivity index (χ2n) is 5.80. The molecule has 3 nitrogen and oxygen atoms in total. The molecule has 1 heterocycles. The van der Waals surface area contributed by atoms with Crippen molar-refractivity contribution in [1.29, 1.82) is 0 Å². The van der Waals surface area contributed by atoms with Crippen LogP contribution in [-0.4, -0.2) is 26.9 Å². The number of nitrogens with one attached hydrogen (secondary N) is 1. The van der Waals surface area contributed by atoms with Crippen molar-refractivity contribution in [3.8, 4) is 5.75 Å². The van der Waals surface area contributed by atoms with E-state index < -0.39 is 0 Å². The highest BCUT2D eigenvalue weighted by molar-refractivity contribution is 9.10. The molecule has 0 spiro atoms. The molecule has 1 N–H and O–H groups in total. The molecule has 0 bridgehead atoms. The normalized spacial score (nSPS) is 19.8. The SMILES string of the molecule is CCCNC(c1c(C)c(Br)cc(C)c1OC)C1CCOC1. The Hall–Kier alpha value is -0.580. The maximum atomic E-state index is 5.73. The first-order valence-corrected chi connectivity index (χ1v) is 8.54. The molecule has 118 valence electrons. The van der Waals surface area contributed by atoms with Gasteiger partial charge in [-0.05, 0) is 50.4 Å². The molecule has 1 saturated heterocycles. The first kappa shape index (κ1) is 16.8. The van der Waals surface area contributed by atoms with Gasteiger partial charge in [0.2, 0.25) is 0 Å². The summed E-state index contributed by atoms with van der Waals surface area (Å²) in [6.07, 6.45) is 2.23. The van der Waals surface area contributed by atoms with Gasteiger partial charge in [-0.1, -0.05) is 22.9 Å². The van der Waals surface area contributed by atoms with Gasteiger partial charge in [-0.15, -0.1) is 0 Å². The van der Waals surface area contributed by atoms with Crippen molar-refractivity contribution < 1.29 is 9.47 Å². The Bertz CT molecular complexity index is 484.